The van der Waals surface area contributed by atoms with E-state index in [-0.39, 0.29) is 0 Å². The smallest absolute Gasteiger partial charge is 0.272 e. The van der Waals surface area contributed by atoms with Crippen LogP contribution in [-0.2, 0) is 16.4 Å². The quantitative estimate of drug-likeness (QED) is 0.732. The Kier molecular flexibility index (Phi) is 5.72. The van der Waals surface area contributed by atoms with E-state index in [9.17, 15) is 8.42 Å². The van der Waals surface area contributed by atoms with Gasteiger partial charge in [-0.05, 0) is 50.2 Å². The molecule has 0 aliphatic heterocycles. The van der Waals surface area contributed by atoms with Crippen molar-refractivity contribution in [3.63, 3.8) is 0 Å². The summed E-state index contributed by atoms with van der Waals surface area (Å²) in [6.45, 7) is 3.96. The molecule has 0 aromatic carbocycles. The maximum Gasteiger partial charge on any atom is 0.272 e. The predicted molar refractivity (Wildman–Crippen MR) is 86.2 cm³/mol. The Bertz CT molecular complexity index is 654. The lowest BCUT2D eigenvalue weighted by Crippen LogP contribution is -2.17. The van der Waals surface area contributed by atoms with Crippen LogP contribution in [0.1, 0.15) is 18.2 Å². The van der Waals surface area contributed by atoms with Crippen molar-refractivity contribution in [2.45, 2.75) is 24.0 Å². The third kappa shape index (κ3) is 4.80. The molecule has 2 heterocycles. The Balaban J connectivity index is 1.99. The molecule has 0 unspecified atom stereocenters. The van der Waals surface area contributed by atoms with E-state index in [1.54, 1.807) is 30.5 Å². The van der Waals surface area contributed by atoms with Gasteiger partial charge in [0.25, 0.3) is 10.0 Å². The Morgan fingerprint density at radius 1 is 1.19 bits per heavy atom. The summed E-state index contributed by atoms with van der Waals surface area (Å²) >= 11 is 1.30. The standard InChI is InChI=1S/C14H19N3O2S2/c1-2-9-15-11-8-12-6-7-14(20-12)21(18,19)17-13-5-3-4-10-16-13/h3-7,10,15H,2,8-9,11H2,1H3,(H,16,17). The molecule has 0 aliphatic carbocycles. The highest BCUT2D eigenvalue weighted by Crippen LogP contribution is 2.23. The van der Waals surface area contributed by atoms with Crippen molar-refractivity contribution in [2.24, 2.45) is 0 Å². The van der Waals surface area contributed by atoms with Crippen LogP contribution in [0.4, 0.5) is 5.82 Å². The number of sulfonamides is 1. The number of aromatic nitrogens is 1. The van der Waals surface area contributed by atoms with E-state index in [1.165, 1.54) is 11.3 Å². The molecule has 0 aliphatic rings. The summed E-state index contributed by atoms with van der Waals surface area (Å²) in [5.74, 6) is 0.331. The van der Waals surface area contributed by atoms with Gasteiger partial charge < -0.3 is 5.32 Å². The van der Waals surface area contributed by atoms with Crippen molar-refractivity contribution in [3.8, 4) is 0 Å². The lowest BCUT2D eigenvalue weighted by Gasteiger charge is -2.04. The van der Waals surface area contributed by atoms with Gasteiger partial charge in [0.1, 0.15) is 10.0 Å². The SMILES string of the molecule is CCCNCCc1ccc(S(=O)(=O)Nc2ccccn2)s1. The van der Waals surface area contributed by atoms with E-state index in [2.05, 4.69) is 21.9 Å². The van der Waals surface area contributed by atoms with Crippen LogP contribution >= 0.6 is 11.3 Å². The Morgan fingerprint density at radius 3 is 2.76 bits per heavy atom. The van der Waals surface area contributed by atoms with Gasteiger partial charge in [0.15, 0.2) is 0 Å². The van der Waals surface area contributed by atoms with Crippen LogP contribution in [0.3, 0.4) is 0 Å². The normalized spacial score (nSPS) is 11.5. The molecule has 0 spiro atoms. The van der Waals surface area contributed by atoms with Crippen LogP contribution in [0.25, 0.3) is 0 Å². The number of nitrogens with zero attached hydrogens (tertiary/aromatic N) is 1. The molecule has 2 aromatic rings. The average Bonchev–Trinajstić information content (AvgIpc) is 2.94. The van der Waals surface area contributed by atoms with Gasteiger partial charge in [0.2, 0.25) is 0 Å². The maximum atomic E-state index is 12.2. The molecular weight excluding hydrogens is 306 g/mol. The van der Waals surface area contributed by atoms with Gasteiger partial charge in [-0.2, -0.15) is 0 Å². The molecule has 2 N–H and O–H groups in total. The fourth-order valence-corrected chi connectivity index (χ4v) is 4.12. The molecule has 0 bridgehead atoms. The summed E-state index contributed by atoms with van der Waals surface area (Å²) in [5, 5.41) is 3.30. The lowest BCUT2D eigenvalue weighted by molar-refractivity contribution is 0.603. The summed E-state index contributed by atoms with van der Waals surface area (Å²) in [4.78, 5) is 5.03. The number of pyridine rings is 1. The number of hydrogen-bond donors (Lipinski definition) is 2. The number of rotatable bonds is 8. The molecular formula is C14H19N3O2S2. The third-order valence-electron chi connectivity index (χ3n) is 2.78. The third-order valence-corrected chi connectivity index (χ3v) is 5.77. The lowest BCUT2D eigenvalue weighted by atomic mass is 10.3. The Labute approximate surface area is 129 Å². The molecule has 5 nitrogen and oxygen atoms in total. The number of thiophene rings is 1. The predicted octanol–water partition coefficient (Wildman–Crippen LogP) is 2.49. The van der Waals surface area contributed by atoms with Crippen LogP contribution in [-0.4, -0.2) is 26.5 Å². The highest BCUT2D eigenvalue weighted by Gasteiger charge is 2.17. The van der Waals surface area contributed by atoms with E-state index in [0.717, 1.165) is 30.8 Å². The molecule has 7 heteroatoms. The van der Waals surface area contributed by atoms with Crippen molar-refractivity contribution in [3.05, 3.63) is 41.4 Å². The Morgan fingerprint density at radius 2 is 2.05 bits per heavy atom. The molecule has 2 aromatic heterocycles. The van der Waals surface area contributed by atoms with E-state index in [4.69, 9.17) is 0 Å². The minimum Gasteiger partial charge on any atom is -0.316 e. The molecule has 0 saturated carbocycles. The minimum absolute atomic E-state index is 0.318. The Hall–Kier alpha value is -1.44. The second-order valence-corrected chi connectivity index (χ2v) is 7.62. The van der Waals surface area contributed by atoms with E-state index >= 15 is 0 Å². The average molecular weight is 325 g/mol. The van der Waals surface area contributed by atoms with Crippen molar-refractivity contribution in [1.82, 2.24) is 10.3 Å². The first-order valence-corrected chi connectivity index (χ1v) is 9.15. The van der Waals surface area contributed by atoms with E-state index in [0.29, 0.717) is 10.0 Å². The second-order valence-electron chi connectivity index (χ2n) is 4.54. The molecule has 0 saturated heterocycles. The number of hydrogen-bond acceptors (Lipinski definition) is 5. The summed E-state index contributed by atoms with van der Waals surface area (Å²) in [6, 6.07) is 8.62. The topological polar surface area (TPSA) is 71.1 Å². The fraction of sp³-hybridized carbons (Fsp3) is 0.357. The van der Waals surface area contributed by atoms with Crippen LogP contribution in [0.2, 0.25) is 0 Å². The van der Waals surface area contributed by atoms with Crippen LogP contribution in [0.15, 0.2) is 40.7 Å². The first-order chi connectivity index (χ1) is 10.1. The molecule has 114 valence electrons. The first-order valence-electron chi connectivity index (χ1n) is 6.85. The van der Waals surface area contributed by atoms with Crippen LogP contribution in [0.5, 0.6) is 0 Å². The molecule has 21 heavy (non-hydrogen) atoms. The molecule has 2 rings (SSSR count). The van der Waals surface area contributed by atoms with Gasteiger partial charge in [0, 0.05) is 11.1 Å². The number of anilines is 1. The van der Waals surface area contributed by atoms with Gasteiger partial charge in [-0.1, -0.05) is 13.0 Å². The summed E-state index contributed by atoms with van der Waals surface area (Å²) in [6.07, 6.45) is 3.49. The zero-order chi connectivity index (χ0) is 15.1. The van der Waals surface area contributed by atoms with Gasteiger partial charge in [-0.15, -0.1) is 11.3 Å². The monoisotopic (exact) mass is 325 g/mol. The molecule has 0 amide bonds. The minimum atomic E-state index is -3.54. The van der Waals surface area contributed by atoms with Crippen LogP contribution in [0, 0.1) is 0 Å². The molecule has 0 fully saturated rings. The zero-order valence-corrected chi connectivity index (χ0v) is 13.5. The van der Waals surface area contributed by atoms with Crippen molar-refractivity contribution in [2.75, 3.05) is 17.8 Å². The van der Waals surface area contributed by atoms with E-state index in [1.807, 2.05) is 6.07 Å². The zero-order valence-electron chi connectivity index (χ0n) is 11.9. The fourth-order valence-electron chi connectivity index (χ4n) is 1.76. The van der Waals surface area contributed by atoms with Gasteiger partial charge in [0.05, 0.1) is 0 Å². The van der Waals surface area contributed by atoms with Crippen LogP contribution < -0.4 is 10.0 Å². The molecule has 0 atom stereocenters. The van der Waals surface area contributed by atoms with Crippen molar-refractivity contribution < 1.29 is 8.42 Å². The van der Waals surface area contributed by atoms with Gasteiger partial charge >= 0.3 is 0 Å². The second kappa shape index (κ2) is 7.53. The first kappa shape index (κ1) is 15.9. The summed E-state index contributed by atoms with van der Waals surface area (Å²) in [5.41, 5.74) is 0. The van der Waals surface area contributed by atoms with E-state index < -0.39 is 10.0 Å². The molecule has 0 radical (unpaired) electrons. The summed E-state index contributed by atoms with van der Waals surface area (Å²) < 4.78 is 27.3. The van der Waals surface area contributed by atoms with Gasteiger partial charge in [-0.3, -0.25) is 4.72 Å². The van der Waals surface area contributed by atoms with Crippen molar-refractivity contribution in [1.29, 1.82) is 0 Å². The highest BCUT2D eigenvalue weighted by molar-refractivity contribution is 7.94. The maximum absolute atomic E-state index is 12.2. The number of nitrogens with one attached hydrogen (secondary N) is 2. The van der Waals surface area contributed by atoms with Gasteiger partial charge in [-0.25, -0.2) is 13.4 Å². The summed E-state index contributed by atoms with van der Waals surface area (Å²) in [7, 11) is -3.54. The highest BCUT2D eigenvalue weighted by atomic mass is 32.2. The largest absolute Gasteiger partial charge is 0.316 e. The van der Waals surface area contributed by atoms with Crippen molar-refractivity contribution >= 4 is 27.2 Å².